The predicted molar refractivity (Wildman–Crippen MR) is 350 cm³/mol. The number of hydrogen-bond donors (Lipinski definition) is 0. The predicted octanol–water partition coefficient (Wildman–Crippen LogP) is 20.2. The number of alkyl halides is 3. The maximum atomic E-state index is 11.7. The van der Waals surface area contributed by atoms with E-state index >= 15 is 0 Å². The van der Waals surface area contributed by atoms with E-state index in [1.165, 1.54) is 52.6 Å². The molecule has 0 aromatic heterocycles. The second-order valence-corrected chi connectivity index (χ2v) is 19.1. The Morgan fingerprint density at radius 2 is 0.865 bits per heavy atom. The van der Waals surface area contributed by atoms with Gasteiger partial charge in [-0.05, 0) is 171 Å². The van der Waals surface area contributed by atoms with Crippen molar-refractivity contribution in [1.82, 2.24) is 0 Å². The first-order chi connectivity index (χ1) is 42.4. The van der Waals surface area contributed by atoms with Crippen LogP contribution >= 0.6 is 0 Å². The summed E-state index contributed by atoms with van der Waals surface area (Å²) in [7, 11) is 0. The number of nitro benzene ring substituents is 2. The van der Waals surface area contributed by atoms with Crippen molar-refractivity contribution in [2.75, 3.05) is 19.8 Å². The molecule has 0 N–H and O–H groups in total. The molecule has 0 aliphatic carbocycles. The summed E-state index contributed by atoms with van der Waals surface area (Å²) in [5, 5.41) is 37.2. The van der Waals surface area contributed by atoms with E-state index in [9.17, 15) is 33.4 Å². The molecule has 0 amide bonds. The van der Waals surface area contributed by atoms with Gasteiger partial charge in [-0.3, -0.25) is 20.2 Å². The zero-order valence-corrected chi connectivity index (χ0v) is 52.5. The Morgan fingerprint density at radius 1 is 0.438 bits per heavy atom. The van der Waals surface area contributed by atoms with Crippen molar-refractivity contribution in [3.63, 3.8) is 0 Å². The van der Waals surface area contributed by atoms with E-state index in [1.54, 1.807) is 49.4 Å². The highest BCUT2D eigenvalue weighted by atomic mass is 19.4. The number of halogens is 3. The van der Waals surface area contributed by atoms with Crippen molar-refractivity contribution in [3.8, 4) is 35.1 Å². The van der Waals surface area contributed by atoms with Gasteiger partial charge in [-0.15, -0.1) is 13.2 Å². The quantitative estimate of drug-likeness (QED) is 0.0768. The first-order valence-corrected chi connectivity index (χ1v) is 28.1. The lowest BCUT2D eigenvalue weighted by Crippen LogP contribution is -2.17. The van der Waals surface area contributed by atoms with Crippen molar-refractivity contribution in [1.29, 1.82) is 10.5 Å². The lowest BCUT2D eigenvalue weighted by Gasteiger charge is -2.10. The zero-order valence-electron chi connectivity index (χ0n) is 52.5. The van der Waals surface area contributed by atoms with Crippen molar-refractivity contribution in [2.24, 2.45) is 0 Å². The molecule has 9 aromatic rings. The number of nitro groups is 2. The van der Waals surface area contributed by atoms with Gasteiger partial charge in [-0.25, -0.2) is 4.85 Å². The van der Waals surface area contributed by atoms with Crippen LogP contribution in [0.4, 0.5) is 30.2 Å². The van der Waals surface area contributed by atoms with E-state index in [4.69, 9.17) is 31.3 Å². The SMILES string of the molecule is CCOc1ccc(C)cc1.CCOc1cccc(C)c1.CCOc1ccccc1C.Cc1ccc([N+](=O)[O-])cc1.Cc1cccc(C#N)c1.Cc1cccc([N+](=O)[O-])c1.Cc1ccccc1C#N.Cc1ccccc1OC(F)(F)F.[C-]#[N+]c1ccc(C)cc1. The lowest BCUT2D eigenvalue weighted by molar-refractivity contribution is -0.385. The van der Waals surface area contributed by atoms with Crippen molar-refractivity contribution in [2.45, 2.75) is 89.4 Å². The number of ether oxygens (including phenoxy) is 4. The third-order valence-electron chi connectivity index (χ3n) is 11.4. The molecule has 0 radical (unpaired) electrons. The maximum absolute atomic E-state index is 11.7. The van der Waals surface area contributed by atoms with E-state index < -0.39 is 16.2 Å². The minimum Gasteiger partial charge on any atom is -0.494 e. The molecule has 13 nitrogen and oxygen atoms in total. The van der Waals surface area contributed by atoms with Crippen molar-refractivity contribution in [3.05, 3.63) is 311 Å². The minimum atomic E-state index is -4.61. The molecule has 0 bridgehead atoms. The van der Waals surface area contributed by atoms with Crippen LogP contribution in [0, 0.1) is 112 Å². The Morgan fingerprint density at radius 3 is 1.26 bits per heavy atom. The normalized spacial score (nSPS) is 9.35. The van der Waals surface area contributed by atoms with Gasteiger partial charge in [0.15, 0.2) is 5.69 Å². The molecule has 0 aliphatic rings. The summed E-state index contributed by atoms with van der Waals surface area (Å²) < 4.78 is 54.7. The molecule has 0 unspecified atom stereocenters. The van der Waals surface area contributed by atoms with Crippen LogP contribution in [0.1, 0.15) is 82.0 Å². The zero-order chi connectivity index (χ0) is 66.6. The van der Waals surface area contributed by atoms with Gasteiger partial charge in [0, 0.05) is 24.3 Å². The standard InChI is InChI=1S/3C9H12O.C8H7F3O.3C8H7N.2C7H7NO2/c1-3-10-9-6-4-8(2)5-7-9;1-3-10-9-6-4-5-8(2)7-9;1-3-10-9-7-5-4-6-8(9)2;1-6-4-2-3-5-7(6)12-8(9,10)11;1-7-3-5-8(9-2)6-4-7;1-7-3-2-4-8(5-7)6-9;1-7-4-2-3-5-8(7)6-9;1-6-2-4-7(5-3-6)8(9)10;1-6-3-2-4-7(5-6)8(9)10/h3*4-7H,3H2,1-2H3;2-5H,1H3;3-6H,1H3;2*2-5H,1H3;2*2-5H,1H3. The smallest absolute Gasteiger partial charge is 0.494 e. The molecule has 89 heavy (non-hydrogen) atoms. The molecule has 0 spiro atoms. The van der Waals surface area contributed by atoms with Crippen LogP contribution in [-0.2, 0) is 0 Å². The van der Waals surface area contributed by atoms with Crippen molar-refractivity contribution >= 4 is 17.1 Å². The van der Waals surface area contributed by atoms with Gasteiger partial charge in [0.25, 0.3) is 11.4 Å². The summed E-state index contributed by atoms with van der Waals surface area (Å²) in [4.78, 5) is 22.7. The lowest BCUT2D eigenvalue weighted by atomic mass is 10.1. The van der Waals surface area contributed by atoms with Crippen LogP contribution in [0.3, 0.4) is 0 Å². The summed E-state index contributed by atoms with van der Waals surface area (Å²) in [6.45, 7) is 32.2. The molecule has 9 aromatic carbocycles. The highest BCUT2D eigenvalue weighted by Crippen LogP contribution is 2.25. The van der Waals surface area contributed by atoms with Crippen molar-refractivity contribution < 1.29 is 42.0 Å². The average Bonchev–Trinajstić information content (AvgIpc) is 3.60. The van der Waals surface area contributed by atoms with Gasteiger partial charge < -0.3 is 18.9 Å². The summed E-state index contributed by atoms with van der Waals surface area (Å²) >= 11 is 0. The van der Waals surface area contributed by atoms with Crippen LogP contribution in [-0.4, -0.2) is 36.0 Å². The monoisotopic (exact) mass is 1210 g/mol. The van der Waals surface area contributed by atoms with Crippen LogP contribution in [0.5, 0.6) is 23.0 Å². The van der Waals surface area contributed by atoms with Gasteiger partial charge in [-0.1, -0.05) is 156 Å². The van der Waals surface area contributed by atoms with E-state index in [1.807, 2.05) is 202 Å². The fourth-order valence-corrected chi connectivity index (χ4v) is 6.78. The molecular formula is C73H78F3N5O8. The summed E-state index contributed by atoms with van der Waals surface area (Å²) in [5.41, 5.74) is 12.0. The summed E-state index contributed by atoms with van der Waals surface area (Å²) in [6.07, 6.45) is -4.61. The van der Waals surface area contributed by atoms with Gasteiger partial charge in [0.2, 0.25) is 0 Å². The highest BCUT2D eigenvalue weighted by molar-refractivity contribution is 5.45. The Kier molecular flexibility index (Phi) is 37.5. The molecule has 0 saturated heterocycles. The number of aryl methyl sites for hydroxylation is 9. The van der Waals surface area contributed by atoms with Crippen LogP contribution in [0.2, 0.25) is 0 Å². The number of nitrogens with zero attached hydrogens (tertiary/aromatic N) is 5. The van der Waals surface area contributed by atoms with E-state index in [2.05, 4.69) is 41.6 Å². The topological polar surface area (TPSA) is 175 Å². The number of non-ortho nitro benzene ring substituents is 2. The number of benzene rings is 9. The van der Waals surface area contributed by atoms with E-state index in [0.717, 1.165) is 70.4 Å². The fraction of sp³-hybridized carbons (Fsp3) is 0.219. The van der Waals surface area contributed by atoms with Gasteiger partial charge in [0.05, 0.1) is 59.5 Å². The average molecular weight is 1210 g/mol. The van der Waals surface area contributed by atoms with Gasteiger partial charge in [-0.2, -0.15) is 10.5 Å². The Bertz CT molecular complexity index is 3610. The molecular weight excluding hydrogens is 1130 g/mol. The Hall–Kier alpha value is -10.8. The summed E-state index contributed by atoms with van der Waals surface area (Å²) in [5.74, 6) is 2.76. The minimum absolute atomic E-state index is 0.144. The Balaban J connectivity index is 0.000000501. The fourth-order valence-electron chi connectivity index (χ4n) is 6.78. The number of para-hydroxylation sites is 2. The third kappa shape index (κ3) is 36.0. The van der Waals surface area contributed by atoms with Crippen LogP contribution < -0.4 is 18.9 Å². The molecule has 0 aliphatic heterocycles. The number of rotatable bonds is 9. The second kappa shape index (κ2) is 43.8. The van der Waals surface area contributed by atoms with Crippen LogP contribution in [0.15, 0.2) is 218 Å². The molecule has 0 fully saturated rings. The first-order valence-electron chi connectivity index (χ1n) is 28.1. The molecule has 0 heterocycles. The largest absolute Gasteiger partial charge is 0.573 e. The van der Waals surface area contributed by atoms with E-state index in [-0.39, 0.29) is 17.1 Å². The van der Waals surface area contributed by atoms with Crippen LogP contribution in [0.25, 0.3) is 4.85 Å². The summed E-state index contributed by atoms with van der Waals surface area (Å²) in [6, 6.07) is 69.8. The Labute approximate surface area is 523 Å². The molecule has 464 valence electrons. The molecule has 0 saturated carbocycles. The first kappa shape index (κ1) is 76.3. The third-order valence-corrected chi connectivity index (χ3v) is 11.4. The molecule has 9 rings (SSSR count). The second-order valence-electron chi connectivity index (χ2n) is 19.1. The number of hydrogen-bond acceptors (Lipinski definition) is 10. The van der Waals surface area contributed by atoms with Gasteiger partial charge >= 0.3 is 6.36 Å². The number of nitriles is 2. The maximum Gasteiger partial charge on any atom is 0.573 e. The molecule has 16 heteroatoms. The highest BCUT2D eigenvalue weighted by Gasteiger charge is 2.31. The van der Waals surface area contributed by atoms with E-state index in [0.29, 0.717) is 11.3 Å². The molecule has 0 atom stereocenters. The van der Waals surface area contributed by atoms with Gasteiger partial charge in [0.1, 0.15) is 23.0 Å².